The lowest BCUT2D eigenvalue weighted by atomic mass is 9.70. The Hall–Kier alpha value is -3.49. The van der Waals surface area contributed by atoms with Gasteiger partial charge in [-0.25, -0.2) is 21.6 Å². The first-order valence-electron chi connectivity index (χ1n) is 15.1. The molecule has 0 spiro atoms. The normalized spacial score (nSPS) is 27.5. The highest BCUT2D eigenvalue weighted by molar-refractivity contribution is 7.92. The third-order valence-electron chi connectivity index (χ3n) is 9.49. The number of carbonyl (C=O) groups excluding carboxylic acids is 2. The van der Waals surface area contributed by atoms with Crippen molar-refractivity contribution in [3.05, 3.63) is 94.3 Å². The van der Waals surface area contributed by atoms with Gasteiger partial charge in [0.1, 0.15) is 0 Å². The van der Waals surface area contributed by atoms with Crippen LogP contribution in [0.25, 0.3) is 0 Å². The highest BCUT2D eigenvalue weighted by atomic mass is 35.5. The lowest BCUT2D eigenvalue weighted by molar-refractivity contribution is -0.193. The molecule has 47 heavy (non-hydrogen) atoms. The number of ether oxygens (including phenoxy) is 1. The molecule has 3 aliphatic rings. The first-order chi connectivity index (χ1) is 22.4. The maximum Gasteiger partial charge on any atom is 0.293 e. The molecule has 9 nitrogen and oxygen atoms in total. The summed E-state index contributed by atoms with van der Waals surface area (Å²) in [6, 6.07) is 13.8. The van der Waals surface area contributed by atoms with Gasteiger partial charge >= 0.3 is 0 Å². The quantitative estimate of drug-likeness (QED) is 0.217. The van der Waals surface area contributed by atoms with Crippen molar-refractivity contribution in [1.29, 1.82) is 0 Å². The van der Waals surface area contributed by atoms with Crippen molar-refractivity contribution in [2.24, 2.45) is 17.8 Å². The Morgan fingerprint density at radius 3 is 2.36 bits per heavy atom. The highest BCUT2D eigenvalue weighted by Crippen LogP contribution is 2.54. The zero-order chi connectivity index (χ0) is 33.5. The van der Waals surface area contributed by atoms with E-state index in [4.69, 9.17) is 21.2 Å². The van der Waals surface area contributed by atoms with Crippen LogP contribution in [0.1, 0.15) is 41.6 Å². The Morgan fingerprint density at radius 1 is 1.06 bits per heavy atom. The molecular formula is C33H32ClF3N2O7S. The number of aliphatic hydroxyl groups is 1. The summed E-state index contributed by atoms with van der Waals surface area (Å²) in [4.78, 5) is 29.7. The number of hydroxylamine groups is 2. The summed E-state index contributed by atoms with van der Waals surface area (Å²) in [5, 5.41) is 15.2. The fourth-order valence-corrected chi connectivity index (χ4v) is 10.5. The van der Waals surface area contributed by atoms with E-state index >= 15 is 0 Å². The summed E-state index contributed by atoms with van der Waals surface area (Å²) in [5.41, 5.74) is -0.906. The molecule has 3 aromatic rings. The molecular weight excluding hydrogens is 661 g/mol. The van der Waals surface area contributed by atoms with Crippen LogP contribution in [0.15, 0.2) is 65.6 Å². The van der Waals surface area contributed by atoms with Crippen molar-refractivity contribution in [3.8, 4) is 0 Å². The average molecular weight is 693 g/mol. The molecule has 3 unspecified atom stereocenters. The molecule has 3 fully saturated rings. The summed E-state index contributed by atoms with van der Waals surface area (Å²) < 4.78 is 74.3. The maximum absolute atomic E-state index is 14.2. The fraction of sp³-hybridized carbons (Fsp3) is 0.394. The van der Waals surface area contributed by atoms with Crippen molar-refractivity contribution < 1.29 is 45.9 Å². The Balaban J connectivity index is 1.25. The number of rotatable bonds is 10. The number of fused-ring (bicyclic) bond motifs is 2. The van der Waals surface area contributed by atoms with Crippen molar-refractivity contribution >= 4 is 39.5 Å². The van der Waals surface area contributed by atoms with Crippen LogP contribution >= 0.6 is 11.6 Å². The van der Waals surface area contributed by atoms with Crippen molar-refractivity contribution in [1.82, 2.24) is 5.06 Å². The predicted molar refractivity (Wildman–Crippen MR) is 164 cm³/mol. The third-order valence-corrected chi connectivity index (χ3v) is 12.4. The number of nitrogens with one attached hydrogen (secondary N) is 1. The van der Waals surface area contributed by atoms with Gasteiger partial charge in [-0.3, -0.25) is 14.4 Å². The van der Waals surface area contributed by atoms with Crippen LogP contribution in [0, 0.1) is 35.2 Å². The van der Waals surface area contributed by atoms with Crippen molar-refractivity contribution in [2.45, 2.75) is 54.0 Å². The molecule has 6 rings (SSSR count). The first kappa shape index (κ1) is 33.4. The number of hydrogen-bond acceptors (Lipinski definition) is 8. The van der Waals surface area contributed by atoms with E-state index in [1.54, 1.807) is 5.06 Å². The predicted octanol–water partition coefficient (Wildman–Crippen LogP) is 5.31. The fourth-order valence-electron chi connectivity index (χ4n) is 7.67. The van der Waals surface area contributed by atoms with Crippen LogP contribution in [-0.4, -0.2) is 61.1 Å². The molecule has 2 bridgehead atoms. The minimum atomic E-state index is -4.15. The molecule has 0 aromatic heterocycles. The molecule has 6 atom stereocenters. The summed E-state index contributed by atoms with van der Waals surface area (Å²) in [5.74, 6) is -6.82. The SMILES string of the molecule is O=COCC1CON(Cc2ccccc2)C1[C@]1(O)CC2CC[C@@H](C1)[C@H]2S(=O)(=O)c1cc(C(=O)Nc2cc(F)c(F)c(F)c2)ccc1Cl. The minimum absolute atomic E-state index is 0.0283. The molecule has 2 N–H and O–H groups in total. The van der Waals surface area contributed by atoms with Crippen LogP contribution in [0.3, 0.4) is 0 Å². The molecule has 1 saturated heterocycles. The average Bonchev–Trinajstić information content (AvgIpc) is 3.58. The zero-order valence-electron chi connectivity index (χ0n) is 25.0. The van der Waals surface area contributed by atoms with Crippen LogP contribution in [0.2, 0.25) is 5.02 Å². The topological polar surface area (TPSA) is 122 Å². The van der Waals surface area contributed by atoms with E-state index < -0.39 is 61.9 Å². The number of hydrogen-bond donors (Lipinski definition) is 2. The molecule has 0 radical (unpaired) electrons. The molecule has 2 saturated carbocycles. The van der Waals surface area contributed by atoms with Crippen molar-refractivity contribution in [2.75, 3.05) is 18.5 Å². The van der Waals surface area contributed by atoms with Crippen LogP contribution in [0.5, 0.6) is 0 Å². The van der Waals surface area contributed by atoms with Gasteiger partial charge in [0, 0.05) is 35.8 Å². The third kappa shape index (κ3) is 6.51. The van der Waals surface area contributed by atoms with Crippen LogP contribution in [0.4, 0.5) is 18.9 Å². The zero-order valence-corrected chi connectivity index (χ0v) is 26.5. The number of anilines is 1. The highest BCUT2D eigenvalue weighted by Gasteiger charge is 2.60. The molecule has 14 heteroatoms. The molecule has 1 amide bonds. The van der Waals surface area contributed by atoms with E-state index in [1.807, 2.05) is 30.3 Å². The lowest BCUT2D eigenvalue weighted by Gasteiger charge is -2.47. The van der Waals surface area contributed by atoms with Crippen molar-refractivity contribution in [3.63, 3.8) is 0 Å². The molecule has 1 heterocycles. The Morgan fingerprint density at radius 2 is 1.72 bits per heavy atom. The number of sulfone groups is 1. The van der Waals surface area contributed by atoms with Gasteiger partial charge in [-0.2, -0.15) is 5.06 Å². The smallest absolute Gasteiger partial charge is 0.293 e. The maximum atomic E-state index is 14.2. The van der Waals surface area contributed by atoms with E-state index in [1.165, 1.54) is 12.1 Å². The van der Waals surface area contributed by atoms with Gasteiger partial charge in [-0.05, 0) is 61.3 Å². The Kier molecular flexibility index (Phi) is 9.38. The van der Waals surface area contributed by atoms with Gasteiger partial charge in [0.15, 0.2) is 27.3 Å². The molecule has 1 aliphatic heterocycles. The van der Waals surface area contributed by atoms with Crippen LogP contribution in [-0.2, 0) is 30.8 Å². The van der Waals surface area contributed by atoms with E-state index in [0.717, 1.165) is 11.6 Å². The monoisotopic (exact) mass is 692 g/mol. The summed E-state index contributed by atoms with van der Waals surface area (Å²) in [6.45, 7) is 0.958. The second-order valence-corrected chi connectivity index (χ2v) is 14.9. The number of benzene rings is 3. The largest absolute Gasteiger partial charge is 0.467 e. The standard InChI is InChI=1S/C33H32ClF3N2O7S/c34-25-9-8-20(32(41)38-24-11-26(35)29(37)27(36)12-24)10-28(25)47(43,44)30-21-6-7-22(30)14-33(42,13-21)31-23(16-45-18-40)17-46-39(31)15-19-4-2-1-3-5-19/h1-5,8-12,18,21-23,30-31,42H,6-7,13-17H2,(H,38,41)/t21-,22?,23?,30+,31?,33+/m0/s1. The van der Waals surface area contributed by atoms with E-state index in [-0.39, 0.29) is 53.1 Å². The van der Waals surface area contributed by atoms with Gasteiger partial charge in [-0.1, -0.05) is 41.9 Å². The van der Waals surface area contributed by atoms with Gasteiger partial charge in [-0.15, -0.1) is 0 Å². The number of nitrogens with zero attached hydrogens (tertiary/aromatic N) is 1. The van der Waals surface area contributed by atoms with Gasteiger partial charge in [0.05, 0.1) is 40.0 Å². The number of amides is 1. The summed E-state index contributed by atoms with van der Waals surface area (Å²) in [7, 11) is -4.15. The second-order valence-electron chi connectivity index (χ2n) is 12.5. The minimum Gasteiger partial charge on any atom is -0.467 e. The van der Waals surface area contributed by atoms with E-state index in [0.29, 0.717) is 38.0 Å². The van der Waals surface area contributed by atoms with Gasteiger partial charge < -0.3 is 15.2 Å². The first-order valence-corrected chi connectivity index (χ1v) is 17.0. The summed E-state index contributed by atoms with van der Waals surface area (Å²) in [6.07, 6.45) is 1.36. The summed E-state index contributed by atoms with van der Waals surface area (Å²) >= 11 is 6.40. The van der Waals surface area contributed by atoms with Gasteiger partial charge in [0.2, 0.25) is 0 Å². The number of halogens is 4. The molecule has 250 valence electrons. The van der Waals surface area contributed by atoms with E-state index in [2.05, 4.69) is 5.32 Å². The number of carbonyl (C=O) groups is 2. The van der Waals surface area contributed by atoms with E-state index in [9.17, 15) is 36.3 Å². The van der Waals surface area contributed by atoms with Crippen LogP contribution < -0.4 is 5.32 Å². The lowest BCUT2D eigenvalue weighted by Crippen LogP contribution is -2.58. The second kappa shape index (κ2) is 13.2. The molecule has 3 aromatic carbocycles. The Labute approximate surface area is 274 Å². The molecule has 2 aliphatic carbocycles. The Bertz CT molecular complexity index is 1740. The van der Waals surface area contributed by atoms with Gasteiger partial charge in [0.25, 0.3) is 12.4 Å².